The van der Waals surface area contributed by atoms with Gasteiger partial charge in [0.25, 0.3) is 0 Å². The fourth-order valence-electron chi connectivity index (χ4n) is 4.24. The molecule has 25 heavy (non-hydrogen) atoms. The van der Waals surface area contributed by atoms with E-state index in [-0.39, 0.29) is 5.41 Å². The summed E-state index contributed by atoms with van der Waals surface area (Å²) in [5.74, 6) is 2.73. The van der Waals surface area contributed by atoms with Crippen molar-refractivity contribution < 1.29 is 0 Å². The predicted molar refractivity (Wildman–Crippen MR) is 107 cm³/mol. The summed E-state index contributed by atoms with van der Waals surface area (Å²) in [5, 5.41) is 1.20. The first-order valence-electron chi connectivity index (χ1n) is 8.85. The maximum Gasteiger partial charge on any atom is 0.0475 e. The average Bonchev–Trinajstić information content (AvgIpc) is 2.99. The molecule has 1 aliphatic rings. The second-order valence-electron chi connectivity index (χ2n) is 7.56. The fourth-order valence-corrected chi connectivity index (χ4v) is 4.24. The maximum atomic E-state index is 5.58. The van der Waals surface area contributed by atoms with Gasteiger partial charge in [0.05, 0.1) is 0 Å². The van der Waals surface area contributed by atoms with Crippen molar-refractivity contribution in [2.45, 2.75) is 39.5 Å². The van der Waals surface area contributed by atoms with E-state index in [1.54, 1.807) is 0 Å². The molecule has 1 N–H and O–H groups in total. The van der Waals surface area contributed by atoms with E-state index in [4.69, 9.17) is 6.42 Å². The Morgan fingerprint density at radius 3 is 2.64 bits per heavy atom. The Kier molecular flexibility index (Phi) is 3.24. The van der Waals surface area contributed by atoms with Gasteiger partial charge in [0.2, 0.25) is 0 Å². The summed E-state index contributed by atoms with van der Waals surface area (Å²) in [4.78, 5) is 3.64. The maximum absolute atomic E-state index is 5.58. The zero-order valence-corrected chi connectivity index (χ0v) is 15.4. The number of terminal acetylenes is 1. The molecule has 0 saturated heterocycles. The van der Waals surface area contributed by atoms with Crippen molar-refractivity contribution in [3.05, 3.63) is 76.0 Å². The molecule has 1 aromatic heterocycles. The Morgan fingerprint density at radius 2 is 1.96 bits per heavy atom. The molecular weight excluding hydrogens is 302 g/mol. The van der Waals surface area contributed by atoms with Gasteiger partial charge in [-0.05, 0) is 53.3 Å². The van der Waals surface area contributed by atoms with Gasteiger partial charge in [-0.25, -0.2) is 0 Å². The number of hydrogen-bond donors (Lipinski definition) is 1. The zero-order chi connectivity index (χ0) is 17.9. The average molecular weight is 325 g/mol. The lowest BCUT2D eigenvalue weighted by atomic mass is 9.69. The van der Waals surface area contributed by atoms with Gasteiger partial charge in [-0.3, -0.25) is 0 Å². The Balaban J connectivity index is 2.07. The molecule has 124 valence electrons. The lowest BCUT2D eigenvalue weighted by molar-refractivity contribution is 0.612. The summed E-state index contributed by atoms with van der Waals surface area (Å²) in [6, 6.07) is 10.9. The molecule has 0 saturated carbocycles. The minimum absolute atomic E-state index is 0.0990. The van der Waals surface area contributed by atoms with E-state index in [1.165, 1.54) is 38.9 Å². The Morgan fingerprint density at radius 1 is 1.20 bits per heavy atom. The molecule has 0 fully saturated rings. The second kappa shape index (κ2) is 5.14. The smallest absolute Gasteiger partial charge is 0.0475 e. The second-order valence-corrected chi connectivity index (χ2v) is 7.56. The van der Waals surface area contributed by atoms with Gasteiger partial charge >= 0.3 is 0 Å². The molecule has 4 rings (SSSR count). The van der Waals surface area contributed by atoms with Gasteiger partial charge in [-0.1, -0.05) is 51.5 Å². The van der Waals surface area contributed by atoms with Crippen LogP contribution in [-0.2, 0) is 11.8 Å². The van der Waals surface area contributed by atoms with Crippen molar-refractivity contribution in [1.82, 2.24) is 4.98 Å². The highest BCUT2D eigenvalue weighted by Crippen LogP contribution is 2.48. The number of benzene rings is 2. The van der Waals surface area contributed by atoms with Gasteiger partial charge in [-0.15, -0.1) is 6.42 Å². The van der Waals surface area contributed by atoms with Crippen LogP contribution in [0.4, 0.5) is 0 Å². The van der Waals surface area contributed by atoms with Gasteiger partial charge in [0, 0.05) is 33.1 Å². The van der Waals surface area contributed by atoms with E-state index in [9.17, 15) is 0 Å². The van der Waals surface area contributed by atoms with Crippen LogP contribution in [0.3, 0.4) is 0 Å². The van der Waals surface area contributed by atoms with Crippen LogP contribution in [-0.4, -0.2) is 4.98 Å². The number of aromatic amines is 1. The van der Waals surface area contributed by atoms with Crippen molar-refractivity contribution in [3.8, 4) is 12.3 Å². The third-order valence-corrected chi connectivity index (χ3v) is 5.75. The van der Waals surface area contributed by atoms with E-state index in [1.807, 2.05) is 6.07 Å². The van der Waals surface area contributed by atoms with Crippen molar-refractivity contribution >= 4 is 16.5 Å². The fraction of sp³-hybridized carbons (Fsp3) is 0.250. The summed E-state index contributed by atoms with van der Waals surface area (Å²) in [7, 11) is 0. The number of aryl methyl sites for hydroxylation is 2. The Labute approximate surface area is 149 Å². The van der Waals surface area contributed by atoms with Crippen LogP contribution >= 0.6 is 0 Å². The molecule has 1 nitrogen and oxygen atoms in total. The molecule has 0 radical (unpaired) electrons. The van der Waals surface area contributed by atoms with Crippen LogP contribution < -0.4 is 0 Å². The Hall–Kier alpha value is -2.72. The third-order valence-electron chi connectivity index (χ3n) is 5.75. The monoisotopic (exact) mass is 325 g/mol. The summed E-state index contributed by atoms with van der Waals surface area (Å²) in [5.41, 5.74) is 10.9. The van der Waals surface area contributed by atoms with Crippen LogP contribution in [0.1, 0.15) is 59.8 Å². The number of H-pyrrole nitrogens is 1. The van der Waals surface area contributed by atoms with E-state index in [2.05, 4.69) is 69.4 Å². The third kappa shape index (κ3) is 2.04. The molecule has 1 heteroatoms. The summed E-state index contributed by atoms with van der Waals surface area (Å²) in [6.07, 6.45) is 6.62. The first-order chi connectivity index (χ1) is 11.9. The van der Waals surface area contributed by atoms with E-state index >= 15 is 0 Å². The topological polar surface area (TPSA) is 15.8 Å². The molecule has 3 aromatic rings. The van der Waals surface area contributed by atoms with Crippen LogP contribution in [0.5, 0.6) is 0 Å². The normalized spacial score (nSPS) is 14.9. The summed E-state index contributed by atoms with van der Waals surface area (Å²) in [6.45, 7) is 13.5. The molecule has 1 heterocycles. The molecule has 0 spiro atoms. The van der Waals surface area contributed by atoms with Gasteiger partial charge in [0.1, 0.15) is 0 Å². The Bertz CT molecular complexity index is 1080. The van der Waals surface area contributed by atoms with Gasteiger partial charge in [0.15, 0.2) is 0 Å². The standard InChI is InChI=1S/C24H23N/c1-7-16-9-10-18-21(12-16)25-23-22(18)15(4)19-13-17(8-2)14(3)11-20(19)24(23,5)6/h1,9-13,25H,4,8H2,2-3,5-6H3. The molecule has 0 unspecified atom stereocenters. The number of hydrogen-bond acceptors (Lipinski definition) is 0. The number of nitrogens with one attached hydrogen (secondary N) is 1. The quantitative estimate of drug-likeness (QED) is 0.551. The highest BCUT2D eigenvalue weighted by Gasteiger charge is 2.37. The lowest BCUT2D eigenvalue weighted by Gasteiger charge is -2.35. The number of rotatable bonds is 1. The first-order valence-corrected chi connectivity index (χ1v) is 8.85. The SMILES string of the molecule is C#Cc1ccc2c3c([nH]c2c1)C(C)(C)c1cc(C)c(CC)cc1C3=C. The molecule has 0 atom stereocenters. The first kappa shape index (κ1) is 15.8. The number of aromatic nitrogens is 1. The zero-order valence-electron chi connectivity index (χ0n) is 15.4. The van der Waals surface area contributed by atoms with Crippen LogP contribution in [0, 0.1) is 19.3 Å². The minimum Gasteiger partial charge on any atom is -0.357 e. The number of fused-ring (bicyclic) bond motifs is 4. The summed E-state index contributed by atoms with van der Waals surface area (Å²) >= 11 is 0. The van der Waals surface area contributed by atoms with Crippen LogP contribution in [0.2, 0.25) is 0 Å². The largest absolute Gasteiger partial charge is 0.357 e. The van der Waals surface area contributed by atoms with E-state index in [0.717, 1.165) is 23.1 Å². The van der Waals surface area contributed by atoms with Crippen molar-refractivity contribution in [2.24, 2.45) is 0 Å². The molecule has 0 aliphatic heterocycles. The van der Waals surface area contributed by atoms with E-state index < -0.39 is 0 Å². The van der Waals surface area contributed by atoms with Crippen LogP contribution in [0.15, 0.2) is 36.9 Å². The van der Waals surface area contributed by atoms with Crippen LogP contribution in [0.25, 0.3) is 16.5 Å². The van der Waals surface area contributed by atoms with Crippen molar-refractivity contribution in [2.75, 3.05) is 0 Å². The minimum atomic E-state index is -0.0990. The molecular formula is C24H23N. The van der Waals surface area contributed by atoms with Gasteiger partial charge in [-0.2, -0.15) is 0 Å². The summed E-state index contributed by atoms with van der Waals surface area (Å²) < 4.78 is 0. The molecule has 0 bridgehead atoms. The van der Waals surface area contributed by atoms with Crippen molar-refractivity contribution in [1.29, 1.82) is 0 Å². The molecule has 1 aliphatic carbocycles. The molecule has 2 aromatic carbocycles. The van der Waals surface area contributed by atoms with Crippen molar-refractivity contribution in [3.63, 3.8) is 0 Å². The molecule has 0 amide bonds. The lowest BCUT2D eigenvalue weighted by Crippen LogP contribution is -2.27. The van der Waals surface area contributed by atoms with Gasteiger partial charge < -0.3 is 4.98 Å². The predicted octanol–water partition coefficient (Wildman–Crippen LogP) is 5.72. The highest BCUT2D eigenvalue weighted by atomic mass is 14.8. The van der Waals surface area contributed by atoms with E-state index in [0.29, 0.717) is 0 Å². The highest BCUT2D eigenvalue weighted by molar-refractivity contribution is 6.01.